The lowest BCUT2D eigenvalue weighted by atomic mass is 9.95. The molecule has 0 aliphatic carbocycles. The van der Waals surface area contributed by atoms with Gasteiger partial charge in [-0.3, -0.25) is 4.98 Å². The van der Waals surface area contributed by atoms with Crippen molar-refractivity contribution in [3.05, 3.63) is 65.4 Å². The van der Waals surface area contributed by atoms with E-state index >= 15 is 0 Å². The van der Waals surface area contributed by atoms with Gasteiger partial charge >= 0.3 is 0 Å². The third-order valence-corrected chi connectivity index (χ3v) is 3.65. The van der Waals surface area contributed by atoms with Crippen LogP contribution in [-0.4, -0.2) is 12.0 Å². The van der Waals surface area contributed by atoms with Crippen LogP contribution in [0.1, 0.15) is 5.56 Å². The van der Waals surface area contributed by atoms with E-state index in [1.807, 2.05) is 31.6 Å². The lowest BCUT2D eigenvalue weighted by molar-refractivity contribution is 0.819. The number of rotatable bonds is 3. The summed E-state index contributed by atoms with van der Waals surface area (Å²) >= 11 is 6.19. The minimum atomic E-state index is 0.755. The minimum absolute atomic E-state index is 0.755. The Hall–Kier alpha value is -1.90. The van der Waals surface area contributed by atoms with E-state index in [1.165, 1.54) is 22.1 Å². The highest BCUT2D eigenvalue weighted by atomic mass is 35.5. The maximum atomic E-state index is 6.19. The molecule has 3 heteroatoms. The smallest absolute Gasteiger partial charge is 0.0412 e. The number of fused-ring (bicyclic) bond motifs is 1. The standard InChI is InChI=1S/C17H15ClN2/c1-19-10-13-5-6-14(18)9-17(13)16-4-2-3-12-11-20-8-7-15(12)16/h2-9,11,19H,10H2,1H3. The van der Waals surface area contributed by atoms with Gasteiger partial charge in [0.2, 0.25) is 0 Å². The van der Waals surface area contributed by atoms with Crippen molar-refractivity contribution in [3.8, 4) is 11.1 Å². The summed E-state index contributed by atoms with van der Waals surface area (Å²) < 4.78 is 0. The van der Waals surface area contributed by atoms with Gasteiger partial charge in [-0.2, -0.15) is 0 Å². The van der Waals surface area contributed by atoms with E-state index in [4.69, 9.17) is 11.6 Å². The molecule has 3 rings (SSSR count). The Labute approximate surface area is 123 Å². The van der Waals surface area contributed by atoms with Crippen LogP contribution in [0.15, 0.2) is 54.9 Å². The van der Waals surface area contributed by atoms with Crippen LogP contribution in [0.2, 0.25) is 5.02 Å². The Morgan fingerprint density at radius 3 is 2.85 bits per heavy atom. The van der Waals surface area contributed by atoms with Crippen molar-refractivity contribution >= 4 is 22.4 Å². The normalized spacial score (nSPS) is 10.9. The van der Waals surface area contributed by atoms with Crippen molar-refractivity contribution < 1.29 is 0 Å². The summed E-state index contributed by atoms with van der Waals surface area (Å²) in [6.07, 6.45) is 3.72. The largest absolute Gasteiger partial charge is 0.316 e. The second-order valence-corrected chi connectivity index (χ2v) is 5.17. The molecule has 0 bridgehead atoms. The Bertz CT molecular complexity index is 748. The number of aromatic nitrogens is 1. The zero-order valence-corrected chi connectivity index (χ0v) is 12.0. The predicted octanol–water partition coefficient (Wildman–Crippen LogP) is 4.27. The second kappa shape index (κ2) is 5.61. The quantitative estimate of drug-likeness (QED) is 0.776. The Balaban J connectivity index is 2.27. The Morgan fingerprint density at radius 1 is 1.10 bits per heavy atom. The molecule has 0 unspecified atom stereocenters. The average Bonchev–Trinajstić information content (AvgIpc) is 2.49. The monoisotopic (exact) mass is 282 g/mol. The van der Waals surface area contributed by atoms with Crippen molar-refractivity contribution in [3.63, 3.8) is 0 Å². The topological polar surface area (TPSA) is 24.9 Å². The van der Waals surface area contributed by atoms with Crippen LogP contribution >= 0.6 is 11.6 Å². The lowest BCUT2D eigenvalue weighted by Crippen LogP contribution is -2.06. The van der Waals surface area contributed by atoms with E-state index in [0.29, 0.717) is 0 Å². The number of hydrogen-bond donors (Lipinski definition) is 1. The molecule has 1 aromatic heterocycles. The van der Waals surface area contributed by atoms with E-state index < -0.39 is 0 Å². The third-order valence-electron chi connectivity index (χ3n) is 3.41. The van der Waals surface area contributed by atoms with Crippen molar-refractivity contribution in [1.82, 2.24) is 10.3 Å². The molecular formula is C17H15ClN2. The number of halogens is 1. The first kappa shape index (κ1) is 13.1. The van der Waals surface area contributed by atoms with Crippen LogP contribution in [0, 0.1) is 0 Å². The summed E-state index contributed by atoms with van der Waals surface area (Å²) in [6, 6.07) is 14.4. The maximum Gasteiger partial charge on any atom is 0.0412 e. The highest BCUT2D eigenvalue weighted by molar-refractivity contribution is 6.31. The minimum Gasteiger partial charge on any atom is -0.316 e. The number of pyridine rings is 1. The second-order valence-electron chi connectivity index (χ2n) is 4.73. The molecule has 0 aliphatic heterocycles. The molecule has 20 heavy (non-hydrogen) atoms. The average molecular weight is 283 g/mol. The van der Waals surface area contributed by atoms with Crippen molar-refractivity contribution in [2.75, 3.05) is 7.05 Å². The molecule has 2 aromatic carbocycles. The summed E-state index contributed by atoms with van der Waals surface area (Å²) in [5.74, 6) is 0. The van der Waals surface area contributed by atoms with Crippen LogP contribution in [0.3, 0.4) is 0 Å². The molecule has 0 saturated carbocycles. The molecule has 3 aromatic rings. The van der Waals surface area contributed by atoms with E-state index in [2.05, 4.69) is 40.6 Å². The van der Waals surface area contributed by atoms with E-state index in [1.54, 1.807) is 0 Å². The van der Waals surface area contributed by atoms with Gasteiger partial charge in [0.1, 0.15) is 0 Å². The molecule has 0 amide bonds. The van der Waals surface area contributed by atoms with Gasteiger partial charge in [-0.25, -0.2) is 0 Å². The van der Waals surface area contributed by atoms with Gasteiger partial charge in [-0.1, -0.05) is 35.9 Å². The van der Waals surface area contributed by atoms with Crippen LogP contribution in [0.4, 0.5) is 0 Å². The first-order chi connectivity index (χ1) is 9.79. The van der Waals surface area contributed by atoms with Gasteiger partial charge in [-0.05, 0) is 47.3 Å². The molecule has 0 fully saturated rings. The molecule has 2 nitrogen and oxygen atoms in total. The lowest BCUT2D eigenvalue weighted by Gasteiger charge is -2.12. The number of nitrogens with zero attached hydrogens (tertiary/aromatic N) is 1. The highest BCUT2D eigenvalue weighted by Crippen LogP contribution is 2.32. The molecule has 0 spiro atoms. The first-order valence-corrected chi connectivity index (χ1v) is 6.93. The van der Waals surface area contributed by atoms with E-state index in [0.717, 1.165) is 17.0 Å². The molecule has 100 valence electrons. The predicted molar refractivity (Wildman–Crippen MR) is 85.0 cm³/mol. The zero-order chi connectivity index (χ0) is 13.9. The van der Waals surface area contributed by atoms with Crippen molar-refractivity contribution in [2.24, 2.45) is 0 Å². The van der Waals surface area contributed by atoms with Crippen LogP contribution in [-0.2, 0) is 6.54 Å². The Morgan fingerprint density at radius 2 is 2.00 bits per heavy atom. The Kier molecular flexibility index (Phi) is 3.68. The van der Waals surface area contributed by atoms with Gasteiger partial charge in [0, 0.05) is 29.3 Å². The van der Waals surface area contributed by atoms with Crippen molar-refractivity contribution in [1.29, 1.82) is 0 Å². The van der Waals surface area contributed by atoms with Crippen LogP contribution < -0.4 is 5.32 Å². The molecule has 0 aliphatic rings. The summed E-state index contributed by atoms with van der Waals surface area (Å²) in [6.45, 7) is 0.813. The summed E-state index contributed by atoms with van der Waals surface area (Å²) in [4.78, 5) is 4.19. The van der Waals surface area contributed by atoms with Gasteiger partial charge in [0.15, 0.2) is 0 Å². The molecule has 0 radical (unpaired) electrons. The van der Waals surface area contributed by atoms with E-state index in [9.17, 15) is 0 Å². The van der Waals surface area contributed by atoms with Gasteiger partial charge in [0.25, 0.3) is 0 Å². The summed E-state index contributed by atoms with van der Waals surface area (Å²) in [5.41, 5.74) is 3.60. The number of hydrogen-bond acceptors (Lipinski definition) is 2. The van der Waals surface area contributed by atoms with Gasteiger partial charge in [-0.15, -0.1) is 0 Å². The van der Waals surface area contributed by atoms with E-state index in [-0.39, 0.29) is 0 Å². The maximum absolute atomic E-state index is 6.19. The zero-order valence-electron chi connectivity index (χ0n) is 11.2. The van der Waals surface area contributed by atoms with Crippen LogP contribution in [0.5, 0.6) is 0 Å². The van der Waals surface area contributed by atoms with Crippen molar-refractivity contribution in [2.45, 2.75) is 6.54 Å². The van der Waals surface area contributed by atoms with Gasteiger partial charge < -0.3 is 5.32 Å². The SMILES string of the molecule is CNCc1ccc(Cl)cc1-c1cccc2cnccc12. The highest BCUT2D eigenvalue weighted by Gasteiger charge is 2.09. The van der Waals surface area contributed by atoms with Crippen LogP contribution in [0.25, 0.3) is 21.9 Å². The fourth-order valence-electron chi connectivity index (χ4n) is 2.50. The first-order valence-electron chi connectivity index (χ1n) is 6.56. The fourth-order valence-corrected chi connectivity index (χ4v) is 2.67. The molecule has 0 atom stereocenters. The molecule has 0 saturated heterocycles. The number of nitrogens with one attached hydrogen (secondary N) is 1. The third kappa shape index (κ3) is 2.40. The fraction of sp³-hybridized carbons (Fsp3) is 0.118. The summed E-state index contributed by atoms with van der Waals surface area (Å²) in [5, 5.41) is 6.30. The summed E-state index contributed by atoms with van der Waals surface area (Å²) in [7, 11) is 1.95. The van der Waals surface area contributed by atoms with Gasteiger partial charge in [0.05, 0.1) is 0 Å². The molecular weight excluding hydrogens is 268 g/mol. The molecule has 1 N–H and O–H groups in total. The molecule has 1 heterocycles. The number of benzene rings is 2.